The Morgan fingerprint density at radius 2 is 2.03 bits per heavy atom. The number of carbonyl (C=O) groups excluding carboxylic acids is 1. The summed E-state index contributed by atoms with van der Waals surface area (Å²) >= 11 is 0. The van der Waals surface area contributed by atoms with Crippen LogP contribution in [0.4, 0.5) is 23.7 Å². The van der Waals surface area contributed by atoms with Crippen LogP contribution in [-0.4, -0.2) is 44.7 Å². The number of pyridine rings is 1. The first-order valence-electron chi connectivity index (χ1n) is 9.57. The van der Waals surface area contributed by atoms with Crippen LogP contribution < -0.4 is 10.9 Å². The number of H-pyrrole nitrogens is 1. The molecule has 1 aliphatic rings. The summed E-state index contributed by atoms with van der Waals surface area (Å²) < 4.78 is 38.4. The molecule has 10 heteroatoms. The minimum Gasteiger partial charge on any atom is -0.342 e. The maximum Gasteiger partial charge on any atom is 0.406 e. The number of alkyl halides is 3. The molecule has 158 valence electrons. The van der Waals surface area contributed by atoms with E-state index in [9.17, 15) is 22.8 Å². The Balaban J connectivity index is 1.47. The standard InChI is InChI=1S/C20H20F3N5O2/c21-20(22,23)12-28-10-4-8-16(18(28)29)26-19(30)27-9-3-5-13(11-27)17-24-14-6-1-2-7-15(14)25-17/h1-2,4,6-8,10,13H,3,5,9,11-12H2,(H,24,25)(H,26,30)/t13-/m1/s1. The molecule has 30 heavy (non-hydrogen) atoms. The van der Waals surface area contributed by atoms with E-state index in [1.54, 1.807) is 4.90 Å². The van der Waals surface area contributed by atoms with Crippen molar-refractivity contribution in [3.05, 3.63) is 58.8 Å². The molecule has 1 fully saturated rings. The van der Waals surface area contributed by atoms with E-state index in [1.165, 1.54) is 12.1 Å². The Morgan fingerprint density at radius 1 is 1.23 bits per heavy atom. The molecule has 0 aliphatic carbocycles. The molecule has 0 spiro atoms. The van der Waals surface area contributed by atoms with Gasteiger partial charge in [-0.05, 0) is 37.1 Å². The molecule has 0 radical (unpaired) electrons. The zero-order chi connectivity index (χ0) is 21.3. The van der Waals surface area contributed by atoms with Gasteiger partial charge in [0.15, 0.2) is 0 Å². The number of carbonyl (C=O) groups is 1. The number of rotatable bonds is 3. The number of anilines is 1. The van der Waals surface area contributed by atoms with Crippen molar-refractivity contribution < 1.29 is 18.0 Å². The van der Waals surface area contributed by atoms with Gasteiger partial charge in [0.25, 0.3) is 5.56 Å². The molecule has 2 aromatic heterocycles. The smallest absolute Gasteiger partial charge is 0.342 e. The molecule has 0 bridgehead atoms. The molecule has 3 heterocycles. The highest BCUT2D eigenvalue weighted by atomic mass is 19.4. The fourth-order valence-electron chi connectivity index (χ4n) is 3.69. The highest BCUT2D eigenvalue weighted by Gasteiger charge is 2.30. The van der Waals surface area contributed by atoms with Crippen LogP contribution >= 0.6 is 0 Å². The third-order valence-electron chi connectivity index (χ3n) is 5.11. The zero-order valence-electron chi connectivity index (χ0n) is 15.9. The van der Waals surface area contributed by atoms with Gasteiger partial charge >= 0.3 is 12.2 Å². The lowest BCUT2D eigenvalue weighted by Gasteiger charge is -2.31. The fourth-order valence-corrected chi connectivity index (χ4v) is 3.69. The lowest BCUT2D eigenvalue weighted by molar-refractivity contribution is -0.141. The number of nitrogens with one attached hydrogen (secondary N) is 2. The van der Waals surface area contributed by atoms with Crippen molar-refractivity contribution >= 4 is 22.8 Å². The number of aromatic nitrogens is 3. The number of benzene rings is 1. The maximum atomic E-state index is 12.7. The zero-order valence-corrected chi connectivity index (χ0v) is 15.9. The first-order valence-corrected chi connectivity index (χ1v) is 9.57. The van der Waals surface area contributed by atoms with Crippen molar-refractivity contribution in [2.75, 3.05) is 18.4 Å². The molecule has 2 N–H and O–H groups in total. The highest BCUT2D eigenvalue weighted by Crippen LogP contribution is 2.27. The van der Waals surface area contributed by atoms with Gasteiger partial charge in [-0.1, -0.05) is 12.1 Å². The van der Waals surface area contributed by atoms with Gasteiger partial charge in [0, 0.05) is 25.2 Å². The van der Waals surface area contributed by atoms with Crippen molar-refractivity contribution in [3.8, 4) is 0 Å². The molecule has 4 rings (SSSR count). The van der Waals surface area contributed by atoms with Crippen molar-refractivity contribution in [1.82, 2.24) is 19.4 Å². The summed E-state index contributed by atoms with van der Waals surface area (Å²) in [5.41, 5.74) is 0.693. The number of aromatic amines is 1. The predicted molar refractivity (Wildman–Crippen MR) is 105 cm³/mol. The first kappa shape index (κ1) is 20.0. The van der Waals surface area contributed by atoms with Crippen LogP contribution in [0.15, 0.2) is 47.4 Å². The molecular weight excluding hydrogens is 399 g/mol. The number of amides is 2. The lowest BCUT2D eigenvalue weighted by Crippen LogP contribution is -2.43. The number of likely N-dealkylation sites (tertiary alicyclic amines) is 1. The molecular formula is C20H20F3N5O2. The van der Waals surface area contributed by atoms with E-state index in [2.05, 4.69) is 15.3 Å². The van der Waals surface area contributed by atoms with E-state index in [0.717, 1.165) is 35.9 Å². The van der Waals surface area contributed by atoms with Gasteiger partial charge in [0.2, 0.25) is 0 Å². The van der Waals surface area contributed by atoms with Crippen LogP contribution in [0.2, 0.25) is 0 Å². The van der Waals surface area contributed by atoms with Gasteiger partial charge in [-0.3, -0.25) is 4.79 Å². The third kappa shape index (κ3) is 4.32. The van der Waals surface area contributed by atoms with Crippen LogP contribution in [0.3, 0.4) is 0 Å². The molecule has 1 saturated heterocycles. The molecule has 1 atom stereocenters. The van der Waals surface area contributed by atoms with E-state index in [-0.39, 0.29) is 11.6 Å². The summed E-state index contributed by atoms with van der Waals surface area (Å²) in [6.45, 7) is -0.519. The Kier molecular flexibility index (Phi) is 5.23. The molecule has 3 aromatic rings. The van der Waals surface area contributed by atoms with Crippen LogP contribution in [0.1, 0.15) is 24.6 Å². The monoisotopic (exact) mass is 419 g/mol. The van der Waals surface area contributed by atoms with Crippen molar-refractivity contribution in [3.63, 3.8) is 0 Å². The normalized spacial score (nSPS) is 17.3. The van der Waals surface area contributed by atoms with E-state index in [4.69, 9.17) is 0 Å². The van der Waals surface area contributed by atoms with Crippen LogP contribution in [0.25, 0.3) is 11.0 Å². The van der Waals surface area contributed by atoms with Crippen LogP contribution in [0.5, 0.6) is 0 Å². The Morgan fingerprint density at radius 3 is 2.80 bits per heavy atom. The van der Waals surface area contributed by atoms with Gasteiger partial charge in [-0.15, -0.1) is 0 Å². The molecule has 1 aromatic carbocycles. The number of piperidine rings is 1. The summed E-state index contributed by atoms with van der Waals surface area (Å²) in [4.78, 5) is 34.4. The molecule has 0 saturated carbocycles. The number of imidazole rings is 1. The summed E-state index contributed by atoms with van der Waals surface area (Å²) in [7, 11) is 0. The average Bonchev–Trinajstić information content (AvgIpc) is 3.14. The summed E-state index contributed by atoms with van der Waals surface area (Å²) in [5, 5.41) is 2.46. The molecule has 2 amide bonds. The number of nitrogens with zero attached hydrogens (tertiary/aromatic N) is 3. The first-order chi connectivity index (χ1) is 14.3. The fraction of sp³-hybridized carbons (Fsp3) is 0.350. The second-order valence-electron chi connectivity index (χ2n) is 7.32. The highest BCUT2D eigenvalue weighted by molar-refractivity contribution is 5.89. The summed E-state index contributed by atoms with van der Waals surface area (Å²) in [6, 6.07) is 9.74. The van der Waals surface area contributed by atoms with Crippen molar-refractivity contribution in [1.29, 1.82) is 0 Å². The van der Waals surface area contributed by atoms with E-state index in [1.807, 2.05) is 24.3 Å². The number of para-hydroxylation sites is 2. The Bertz CT molecular complexity index is 1090. The van der Waals surface area contributed by atoms with Gasteiger partial charge in [-0.2, -0.15) is 13.2 Å². The second kappa shape index (κ2) is 7.85. The third-order valence-corrected chi connectivity index (χ3v) is 5.11. The van der Waals surface area contributed by atoms with Crippen molar-refractivity contribution in [2.45, 2.75) is 31.5 Å². The summed E-state index contributed by atoms with van der Waals surface area (Å²) in [6.07, 6.45) is -1.88. The van der Waals surface area contributed by atoms with E-state index >= 15 is 0 Å². The lowest BCUT2D eigenvalue weighted by atomic mass is 9.97. The number of hydrogen-bond donors (Lipinski definition) is 2. The number of hydrogen-bond acceptors (Lipinski definition) is 3. The Labute approximate surface area is 169 Å². The SMILES string of the molecule is O=C(Nc1cccn(CC(F)(F)F)c1=O)N1CCC[C@@H](c2nc3ccccc3[nH]2)C1. The van der Waals surface area contributed by atoms with E-state index in [0.29, 0.717) is 17.7 Å². The summed E-state index contributed by atoms with van der Waals surface area (Å²) in [5.74, 6) is 0.801. The van der Waals surface area contributed by atoms with Gasteiger partial charge < -0.3 is 19.8 Å². The minimum atomic E-state index is -4.53. The quantitative estimate of drug-likeness (QED) is 0.679. The van der Waals surface area contributed by atoms with Gasteiger partial charge in [0.1, 0.15) is 18.1 Å². The number of halogens is 3. The molecule has 1 aliphatic heterocycles. The Hall–Kier alpha value is -3.30. The average molecular weight is 419 g/mol. The van der Waals surface area contributed by atoms with Gasteiger partial charge in [0.05, 0.1) is 11.0 Å². The van der Waals surface area contributed by atoms with Crippen molar-refractivity contribution in [2.24, 2.45) is 0 Å². The molecule has 0 unspecified atom stereocenters. The maximum absolute atomic E-state index is 12.7. The minimum absolute atomic E-state index is 0.00885. The second-order valence-corrected chi connectivity index (χ2v) is 7.32. The van der Waals surface area contributed by atoms with Gasteiger partial charge in [-0.25, -0.2) is 9.78 Å². The topological polar surface area (TPSA) is 83.0 Å². The predicted octanol–water partition coefficient (Wildman–Crippen LogP) is 3.70. The van der Waals surface area contributed by atoms with E-state index < -0.39 is 24.3 Å². The van der Waals surface area contributed by atoms with Crippen LogP contribution in [-0.2, 0) is 6.54 Å². The number of urea groups is 1. The largest absolute Gasteiger partial charge is 0.406 e. The molecule has 7 nitrogen and oxygen atoms in total. The number of fused-ring (bicyclic) bond motifs is 1. The van der Waals surface area contributed by atoms with Crippen LogP contribution in [0, 0.1) is 0 Å².